The molecule has 0 unspecified atom stereocenters. The van der Waals surface area contributed by atoms with Crippen LogP contribution in [0.3, 0.4) is 0 Å². The Hall–Kier alpha value is -4.07. The third-order valence-corrected chi connectivity index (χ3v) is 8.64. The Bertz CT molecular complexity index is 1540. The number of aromatic nitrogens is 4. The number of carboxylic acid groups (broad SMARTS) is 1. The number of aliphatic hydroxyl groups is 1. The summed E-state index contributed by atoms with van der Waals surface area (Å²) in [6, 6.07) is -1.03. The number of thioether (sulfide) groups is 1. The number of carbonyl (C=O) groups is 4. The number of β-lactam (4-membered cyclic amide) rings is 1. The van der Waals surface area contributed by atoms with Gasteiger partial charge in [-0.05, 0) is 0 Å². The van der Waals surface area contributed by atoms with Gasteiger partial charge in [0.25, 0.3) is 17.6 Å². The molecule has 5 heterocycles. The molecule has 40 heavy (non-hydrogen) atoms. The Morgan fingerprint density at radius 3 is 2.92 bits per heavy atom. The summed E-state index contributed by atoms with van der Waals surface area (Å²) in [5, 5.41) is 29.2. The van der Waals surface area contributed by atoms with Gasteiger partial charge in [0.05, 0.1) is 6.61 Å². The van der Waals surface area contributed by atoms with E-state index in [1.165, 1.54) is 23.1 Å². The lowest BCUT2D eigenvalue weighted by Gasteiger charge is -2.49. The molecule has 2 atom stereocenters. The molecular weight excluding hydrogens is 586 g/mol. The molecule has 0 aliphatic carbocycles. The van der Waals surface area contributed by atoms with Crippen molar-refractivity contribution >= 4 is 74.5 Å². The smallest absolute Gasteiger partial charge is 0.352 e. The SMILES string of the molecule is Nc1nc(/C(=N/OCCO)C(=O)N[C@@H]2C(=O)N3C(C(=O)O)=C(C[n+]4cc5sccn5c4CNC=O)CS[C@H]23)ns1. The average molecular weight is 609 g/mol. The Morgan fingerprint density at radius 2 is 2.23 bits per heavy atom. The molecule has 3 aromatic rings. The van der Waals surface area contributed by atoms with Crippen molar-refractivity contribution in [3.8, 4) is 0 Å². The van der Waals surface area contributed by atoms with Crippen molar-refractivity contribution in [3.63, 3.8) is 0 Å². The zero-order valence-electron chi connectivity index (χ0n) is 20.4. The monoisotopic (exact) mass is 608 g/mol. The molecule has 1 saturated heterocycles. The van der Waals surface area contributed by atoms with Gasteiger partial charge in [0.1, 0.15) is 49.2 Å². The van der Waals surface area contributed by atoms with Gasteiger partial charge < -0.3 is 31.4 Å². The molecule has 0 spiro atoms. The number of hydrogen-bond donors (Lipinski definition) is 5. The van der Waals surface area contributed by atoms with Crippen LogP contribution in [-0.2, 0) is 37.1 Å². The molecule has 0 radical (unpaired) electrons. The molecule has 2 aliphatic rings. The summed E-state index contributed by atoms with van der Waals surface area (Å²) in [6.07, 6.45) is 4.29. The van der Waals surface area contributed by atoms with E-state index in [0.717, 1.165) is 27.1 Å². The van der Waals surface area contributed by atoms with E-state index in [2.05, 4.69) is 25.1 Å². The minimum absolute atomic E-state index is 0.0844. The largest absolute Gasteiger partial charge is 0.477 e. The second-order valence-electron chi connectivity index (χ2n) is 8.35. The summed E-state index contributed by atoms with van der Waals surface area (Å²) < 4.78 is 7.69. The first-order valence-corrected chi connectivity index (χ1v) is 14.3. The van der Waals surface area contributed by atoms with Crippen LogP contribution in [0.2, 0.25) is 0 Å². The van der Waals surface area contributed by atoms with E-state index in [0.29, 0.717) is 12.0 Å². The van der Waals surface area contributed by atoms with Gasteiger partial charge in [-0.1, -0.05) is 16.5 Å². The highest BCUT2D eigenvalue weighted by atomic mass is 32.2. The van der Waals surface area contributed by atoms with Gasteiger partial charge in [-0.15, -0.1) is 11.8 Å². The second kappa shape index (κ2) is 11.6. The molecule has 6 N–H and O–H groups in total. The van der Waals surface area contributed by atoms with Gasteiger partial charge in [0, 0.05) is 28.2 Å². The number of nitrogens with two attached hydrogens (primary N) is 1. The quantitative estimate of drug-likeness (QED) is 0.0383. The zero-order chi connectivity index (χ0) is 28.4. The highest BCUT2D eigenvalue weighted by molar-refractivity contribution is 8.00. The number of aliphatic hydroxyl groups excluding tert-OH is 1. The van der Waals surface area contributed by atoms with Crippen molar-refractivity contribution in [2.45, 2.75) is 24.5 Å². The van der Waals surface area contributed by atoms with Gasteiger partial charge in [-0.3, -0.25) is 19.3 Å². The topological polar surface area (TPSA) is 218 Å². The number of thiazole rings is 1. The maximum absolute atomic E-state index is 13.2. The number of nitrogens with zero attached hydrogens (tertiary/aromatic N) is 6. The maximum atomic E-state index is 13.2. The fourth-order valence-corrected chi connectivity index (χ4v) is 6.85. The summed E-state index contributed by atoms with van der Waals surface area (Å²) >= 11 is 3.63. The standard InChI is InChI=1S/C21H21N9O7S3/c22-21-25-16(27-40-21)13(26-37-3-2-31)17(33)24-14-18(34)30-15(20(35)36)10(8-39-19(14)30)6-28-7-12-29(1-4-38-12)11(28)5-23-9-32/h1,4,7,9,14,19,31H,2-3,5-6,8H2,(H4-,22,23,24,25,27,32,33,35,36)/p+1/b26-13-/t14-,19-/m1/s1. The molecule has 1 fully saturated rings. The van der Waals surface area contributed by atoms with E-state index < -0.39 is 29.2 Å². The Morgan fingerprint density at radius 1 is 1.40 bits per heavy atom. The third-order valence-electron chi connectivity index (χ3n) is 5.96. The molecule has 0 aromatic carbocycles. The number of carbonyl (C=O) groups excluding carboxylic acids is 3. The van der Waals surface area contributed by atoms with Crippen LogP contribution in [0, 0.1) is 0 Å². The van der Waals surface area contributed by atoms with Crippen molar-refractivity contribution in [3.05, 3.63) is 40.7 Å². The van der Waals surface area contributed by atoms with Crippen LogP contribution in [0.25, 0.3) is 4.83 Å². The summed E-state index contributed by atoms with van der Waals surface area (Å²) in [5.41, 5.74) is 5.62. The van der Waals surface area contributed by atoms with E-state index in [4.69, 9.17) is 15.7 Å². The summed E-state index contributed by atoms with van der Waals surface area (Å²) in [4.78, 5) is 60.3. The van der Waals surface area contributed by atoms with Crippen molar-refractivity contribution in [2.24, 2.45) is 5.16 Å². The minimum Gasteiger partial charge on any atom is -0.477 e. The Balaban J connectivity index is 1.37. The Kier molecular flexibility index (Phi) is 7.96. The molecular formula is C21H22N9O7S3+. The lowest BCUT2D eigenvalue weighted by molar-refractivity contribution is -0.695. The van der Waals surface area contributed by atoms with Crippen LogP contribution >= 0.6 is 34.6 Å². The van der Waals surface area contributed by atoms with Crippen LogP contribution in [0.4, 0.5) is 5.13 Å². The van der Waals surface area contributed by atoms with Gasteiger partial charge in [0.15, 0.2) is 5.13 Å². The number of hydrogen-bond acceptors (Lipinski definition) is 13. The van der Waals surface area contributed by atoms with Crippen LogP contribution in [0.15, 0.2) is 34.2 Å². The number of oxime groups is 1. The maximum Gasteiger partial charge on any atom is 0.352 e. The highest BCUT2D eigenvalue weighted by Gasteiger charge is 2.54. The molecule has 0 bridgehead atoms. The number of rotatable bonds is 12. The van der Waals surface area contributed by atoms with Crippen molar-refractivity contribution in [1.29, 1.82) is 0 Å². The van der Waals surface area contributed by atoms with E-state index in [1.807, 2.05) is 26.7 Å². The van der Waals surface area contributed by atoms with Crippen molar-refractivity contribution < 1.29 is 38.8 Å². The lowest BCUT2D eigenvalue weighted by atomic mass is 10.0. The number of carboxylic acids is 1. The van der Waals surface area contributed by atoms with E-state index in [9.17, 15) is 24.3 Å². The number of imidazole rings is 1. The zero-order valence-corrected chi connectivity index (χ0v) is 22.9. The fraction of sp³-hybridized carbons (Fsp3) is 0.333. The van der Waals surface area contributed by atoms with Crippen molar-refractivity contribution in [1.82, 2.24) is 29.3 Å². The highest BCUT2D eigenvalue weighted by Crippen LogP contribution is 2.40. The van der Waals surface area contributed by atoms with Crippen LogP contribution in [0.1, 0.15) is 11.6 Å². The van der Waals surface area contributed by atoms with Crippen LogP contribution in [-0.4, -0.2) is 89.2 Å². The van der Waals surface area contributed by atoms with Gasteiger partial charge in [-0.25, -0.2) is 9.36 Å². The fourth-order valence-electron chi connectivity index (χ4n) is 4.29. The summed E-state index contributed by atoms with van der Waals surface area (Å²) in [7, 11) is 0. The molecule has 210 valence electrons. The minimum atomic E-state index is -1.27. The van der Waals surface area contributed by atoms with E-state index >= 15 is 0 Å². The summed E-state index contributed by atoms with van der Waals surface area (Å²) in [6.45, 7) is -0.128. The van der Waals surface area contributed by atoms with Gasteiger partial charge >= 0.3 is 5.97 Å². The number of anilines is 1. The van der Waals surface area contributed by atoms with E-state index in [1.54, 1.807) is 0 Å². The molecule has 5 rings (SSSR count). The molecule has 19 heteroatoms. The number of fused-ring (bicyclic) bond motifs is 2. The average Bonchev–Trinajstić information content (AvgIpc) is 3.65. The normalized spacial score (nSPS) is 18.9. The number of amides is 3. The molecule has 2 aliphatic heterocycles. The van der Waals surface area contributed by atoms with Crippen molar-refractivity contribution in [2.75, 3.05) is 24.7 Å². The molecule has 3 aromatic heterocycles. The third kappa shape index (κ3) is 5.10. The molecule has 16 nitrogen and oxygen atoms in total. The predicted molar refractivity (Wildman–Crippen MR) is 142 cm³/mol. The number of nitrogen functional groups attached to an aromatic ring is 1. The molecule has 3 amide bonds. The Labute approximate surface area is 237 Å². The first kappa shape index (κ1) is 27.5. The number of aliphatic carboxylic acids is 1. The predicted octanol–water partition coefficient (Wildman–Crippen LogP) is -1.88. The first-order chi connectivity index (χ1) is 19.3. The van der Waals surface area contributed by atoms with Crippen LogP contribution in [0.5, 0.6) is 0 Å². The van der Waals surface area contributed by atoms with Gasteiger partial charge in [0.2, 0.25) is 22.8 Å². The van der Waals surface area contributed by atoms with E-state index in [-0.39, 0.29) is 54.4 Å². The second-order valence-corrected chi connectivity index (χ2v) is 11.2. The lowest BCUT2D eigenvalue weighted by Crippen LogP contribution is -2.71. The number of nitrogens with one attached hydrogen (secondary N) is 2. The first-order valence-electron chi connectivity index (χ1n) is 11.6. The molecule has 0 saturated carbocycles. The van der Waals surface area contributed by atoms with Gasteiger partial charge in [-0.2, -0.15) is 13.8 Å². The summed E-state index contributed by atoms with van der Waals surface area (Å²) in [5.74, 6) is -1.79. The van der Waals surface area contributed by atoms with Crippen LogP contribution < -0.4 is 20.9 Å².